The minimum absolute atomic E-state index is 0.0617. The van der Waals surface area contributed by atoms with Crippen LogP contribution in [0.25, 0.3) is 11.4 Å². The third kappa shape index (κ3) is 4.36. The second-order valence-corrected chi connectivity index (χ2v) is 7.31. The van der Waals surface area contributed by atoms with Gasteiger partial charge in [0.25, 0.3) is 0 Å². The minimum Gasteiger partial charge on any atom is -0.474 e. The molecule has 0 saturated carbocycles. The zero-order chi connectivity index (χ0) is 19.6. The Morgan fingerprint density at radius 1 is 1.15 bits per heavy atom. The molecule has 144 valence electrons. The predicted octanol–water partition coefficient (Wildman–Crippen LogP) is 2.95. The van der Waals surface area contributed by atoms with E-state index in [0.717, 1.165) is 31.5 Å². The van der Waals surface area contributed by atoms with E-state index in [0.29, 0.717) is 34.7 Å². The lowest BCUT2D eigenvalue weighted by molar-refractivity contribution is 0.0812. The SMILES string of the molecule is CC(=N)c1c(N)nc(-c2ccc(N)cc2)nc1OC1CCN(C(C)C)CC1. The zero-order valence-corrected chi connectivity index (χ0v) is 16.2. The topological polar surface area (TPSA) is 114 Å². The molecule has 7 nitrogen and oxygen atoms in total. The van der Waals surface area contributed by atoms with E-state index < -0.39 is 0 Å². The van der Waals surface area contributed by atoms with Gasteiger partial charge in [-0.05, 0) is 57.9 Å². The number of hydrogen-bond acceptors (Lipinski definition) is 7. The van der Waals surface area contributed by atoms with Crippen molar-refractivity contribution < 1.29 is 4.74 Å². The van der Waals surface area contributed by atoms with Crippen molar-refractivity contribution in [3.05, 3.63) is 29.8 Å². The van der Waals surface area contributed by atoms with Crippen LogP contribution in [0.4, 0.5) is 11.5 Å². The second-order valence-electron chi connectivity index (χ2n) is 7.31. The van der Waals surface area contributed by atoms with Crippen LogP contribution in [0.3, 0.4) is 0 Å². The van der Waals surface area contributed by atoms with Crippen LogP contribution in [0.2, 0.25) is 0 Å². The number of hydrogen-bond donors (Lipinski definition) is 3. The van der Waals surface area contributed by atoms with Gasteiger partial charge in [-0.25, -0.2) is 4.98 Å². The molecule has 1 aromatic carbocycles. The standard InChI is InChI=1S/C20H28N6O/c1-12(2)26-10-8-16(9-11-26)27-20-17(13(3)21)18(23)24-19(25-20)14-4-6-15(22)7-5-14/h4-7,12,16,21H,8-11,22H2,1-3H3,(H2,23,24,25). The van der Waals surface area contributed by atoms with Gasteiger partial charge in [0.05, 0.1) is 5.56 Å². The van der Waals surface area contributed by atoms with Crippen molar-refractivity contribution in [2.75, 3.05) is 24.6 Å². The highest BCUT2D eigenvalue weighted by atomic mass is 16.5. The Hall–Kier alpha value is -2.67. The van der Waals surface area contributed by atoms with Crippen molar-refractivity contribution in [2.45, 2.75) is 45.8 Å². The first kappa shape index (κ1) is 19.1. The largest absolute Gasteiger partial charge is 0.474 e. The normalized spacial score (nSPS) is 15.9. The van der Waals surface area contributed by atoms with Gasteiger partial charge in [0.2, 0.25) is 5.88 Å². The molecular formula is C20H28N6O. The third-order valence-corrected chi connectivity index (χ3v) is 4.93. The summed E-state index contributed by atoms with van der Waals surface area (Å²) in [6.07, 6.45) is 1.91. The fourth-order valence-corrected chi connectivity index (χ4v) is 3.32. The number of ether oxygens (including phenoxy) is 1. The van der Waals surface area contributed by atoms with Gasteiger partial charge < -0.3 is 26.5 Å². The van der Waals surface area contributed by atoms with Crippen LogP contribution in [0.1, 0.15) is 39.2 Å². The molecule has 1 aliphatic heterocycles. The summed E-state index contributed by atoms with van der Waals surface area (Å²) in [4.78, 5) is 11.4. The third-order valence-electron chi connectivity index (χ3n) is 4.93. The van der Waals surface area contributed by atoms with Gasteiger partial charge in [0.15, 0.2) is 5.82 Å². The molecule has 3 rings (SSSR count). The molecule has 2 aromatic rings. The lowest BCUT2D eigenvalue weighted by Crippen LogP contribution is -2.42. The first-order valence-electron chi connectivity index (χ1n) is 9.34. The van der Waals surface area contributed by atoms with E-state index in [1.54, 1.807) is 19.1 Å². The number of nitrogens with two attached hydrogens (primary N) is 2. The molecule has 7 heteroatoms. The van der Waals surface area contributed by atoms with Crippen molar-refractivity contribution in [3.63, 3.8) is 0 Å². The van der Waals surface area contributed by atoms with E-state index in [-0.39, 0.29) is 11.9 Å². The molecule has 0 unspecified atom stereocenters. The lowest BCUT2D eigenvalue weighted by atomic mass is 10.1. The smallest absolute Gasteiger partial charge is 0.228 e. The average molecular weight is 368 g/mol. The molecule has 0 radical (unpaired) electrons. The molecule has 5 N–H and O–H groups in total. The Morgan fingerprint density at radius 3 is 2.33 bits per heavy atom. The van der Waals surface area contributed by atoms with Crippen molar-refractivity contribution in [1.29, 1.82) is 5.41 Å². The van der Waals surface area contributed by atoms with Crippen LogP contribution in [-0.2, 0) is 0 Å². The van der Waals surface area contributed by atoms with E-state index in [2.05, 4.69) is 28.7 Å². The van der Waals surface area contributed by atoms with Crippen LogP contribution in [-0.4, -0.2) is 45.8 Å². The van der Waals surface area contributed by atoms with Gasteiger partial charge in [-0.3, -0.25) is 0 Å². The zero-order valence-electron chi connectivity index (χ0n) is 16.2. The van der Waals surface area contributed by atoms with Crippen molar-refractivity contribution in [3.8, 4) is 17.3 Å². The van der Waals surface area contributed by atoms with Crippen LogP contribution >= 0.6 is 0 Å². The van der Waals surface area contributed by atoms with Crippen LogP contribution < -0.4 is 16.2 Å². The number of benzene rings is 1. The number of piperidine rings is 1. The minimum atomic E-state index is 0.0617. The predicted molar refractivity (Wildman–Crippen MR) is 109 cm³/mol. The van der Waals surface area contributed by atoms with E-state index in [9.17, 15) is 0 Å². The molecule has 27 heavy (non-hydrogen) atoms. The average Bonchev–Trinajstić information content (AvgIpc) is 2.62. The fourth-order valence-electron chi connectivity index (χ4n) is 3.32. The summed E-state index contributed by atoms with van der Waals surface area (Å²) >= 11 is 0. The number of nitrogens with zero attached hydrogens (tertiary/aromatic N) is 3. The number of nitrogens with one attached hydrogen (secondary N) is 1. The number of likely N-dealkylation sites (tertiary alicyclic amines) is 1. The summed E-state index contributed by atoms with van der Waals surface area (Å²) in [5, 5.41) is 8.06. The maximum absolute atomic E-state index is 8.06. The summed E-state index contributed by atoms with van der Waals surface area (Å²) in [6.45, 7) is 8.08. The Labute approximate surface area is 160 Å². The van der Waals surface area contributed by atoms with Gasteiger partial charge in [0, 0.05) is 36.1 Å². The first-order chi connectivity index (χ1) is 12.8. The van der Waals surface area contributed by atoms with Crippen LogP contribution in [0, 0.1) is 5.41 Å². The van der Waals surface area contributed by atoms with Crippen molar-refractivity contribution in [2.24, 2.45) is 0 Å². The molecule has 1 aromatic heterocycles. The molecule has 0 atom stereocenters. The molecule has 0 spiro atoms. The lowest BCUT2D eigenvalue weighted by Gasteiger charge is -2.34. The summed E-state index contributed by atoms with van der Waals surface area (Å²) in [7, 11) is 0. The first-order valence-corrected chi connectivity index (χ1v) is 9.34. The molecular weight excluding hydrogens is 340 g/mol. The summed E-state index contributed by atoms with van der Waals surface area (Å²) < 4.78 is 6.22. The highest BCUT2D eigenvalue weighted by molar-refractivity contribution is 6.02. The highest BCUT2D eigenvalue weighted by Crippen LogP contribution is 2.29. The Balaban J connectivity index is 1.88. The van der Waals surface area contributed by atoms with Crippen LogP contribution in [0.5, 0.6) is 5.88 Å². The van der Waals surface area contributed by atoms with E-state index in [4.69, 9.17) is 21.6 Å². The highest BCUT2D eigenvalue weighted by Gasteiger charge is 2.25. The Kier molecular flexibility index (Phi) is 5.60. The van der Waals surface area contributed by atoms with E-state index in [1.165, 1.54) is 0 Å². The maximum Gasteiger partial charge on any atom is 0.228 e. The fraction of sp³-hybridized carbons (Fsp3) is 0.450. The molecule has 1 saturated heterocycles. The van der Waals surface area contributed by atoms with Gasteiger partial charge in [-0.1, -0.05) is 0 Å². The van der Waals surface area contributed by atoms with Crippen molar-refractivity contribution >= 4 is 17.2 Å². The number of anilines is 2. The summed E-state index contributed by atoms with van der Waals surface area (Å²) in [5.41, 5.74) is 14.2. The van der Waals surface area contributed by atoms with Gasteiger partial charge in [-0.15, -0.1) is 0 Å². The maximum atomic E-state index is 8.06. The summed E-state index contributed by atoms with van der Waals surface area (Å²) in [6, 6.07) is 7.84. The molecule has 0 aliphatic carbocycles. The molecule has 1 aliphatic rings. The Morgan fingerprint density at radius 2 is 1.78 bits per heavy atom. The Bertz CT molecular complexity index is 810. The molecule has 2 heterocycles. The van der Waals surface area contributed by atoms with Gasteiger partial charge >= 0.3 is 0 Å². The van der Waals surface area contributed by atoms with Crippen molar-refractivity contribution in [1.82, 2.24) is 14.9 Å². The van der Waals surface area contributed by atoms with Crippen LogP contribution in [0.15, 0.2) is 24.3 Å². The molecule has 1 fully saturated rings. The quantitative estimate of drug-likeness (QED) is 0.552. The van der Waals surface area contributed by atoms with E-state index >= 15 is 0 Å². The number of aromatic nitrogens is 2. The molecule has 0 amide bonds. The molecule has 0 bridgehead atoms. The monoisotopic (exact) mass is 368 g/mol. The van der Waals surface area contributed by atoms with Gasteiger partial charge in [-0.2, -0.15) is 4.98 Å². The number of rotatable bonds is 5. The summed E-state index contributed by atoms with van der Waals surface area (Å²) in [5.74, 6) is 1.14. The van der Waals surface area contributed by atoms with E-state index in [1.807, 2.05) is 12.1 Å². The second kappa shape index (κ2) is 7.92. The number of nitrogen functional groups attached to an aromatic ring is 2. The van der Waals surface area contributed by atoms with Gasteiger partial charge in [0.1, 0.15) is 11.9 Å².